The third kappa shape index (κ3) is 8.88. The van der Waals surface area contributed by atoms with Crippen molar-refractivity contribution in [1.82, 2.24) is 10.2 Å². The van der Waals surface area contributed by atoms with E-state index in [4.69, 9.17) is 0 Å². The fourth-order valence-electron chi connectivity index (χ4n) is 5.51. The molecule has 4 rings (SSSR count). The van der Waals surface area contributed by atoms with Crippen LogP contribution in [-0.2, 0) is 32.6 Å². The van der Waals surface area contributed by atoms with E-state index >= 15 is 0 Å². The molecule has 3 aromatic rings. The average molecular weight is 686 g/mol. The van der Waals surface area contributed by atoms with E-state index in [1.807, 2.05) is 54.6 Å². The molecule has 0 saturated heterocycles. The van der Waals surface area contributed by atoms with Gasteiger partial charge in [0.2, 0.25) is 21.8 Å². The number of halogens is 1. The van der Waals surface area contributed by atoms with Gasteiger partial charge in [-0.2, -0.15) is 0 Å². The van der Waals surface area contributed by atoms with Gasteiger partial charge in [0.05, 0.1) is 16.9 Å². The highest BCUT2D eigenvalue weighted by Gasteiger charge is 2.34. The molecule has 0 bridgehead atoms. The Morgan fingerprint density at radius 2 is 1.68 bits per heavy atom. The number of sulfonamides is 1. The van der Waals surface area contributed by atoms with Crippen molar-refractivity contribution in [3.63, 3.8) is 0 Å². The fraction of sp³-hybridized carbons (Fsp3) is 0.375. The number of nitro groups is 1. The average Bonchev–Trinajstić information content (AvgIpc) is 2.98. The van der Waals surface area contributed by atoms with E-state index < -0.39 is 33.4 Å². The van der Waals surface area contributed by atoms with Crippen LogP contribution >= 0.6 is 15.9 Å². The van der Waals surface area contributed by atoms with E-state index in [0.29, 0.717) is 5.56 Å². The molecule has 1 saturated carbocycles. The van der Waals surface area contributed by atoms with Crippen molar-refractivity contribution in [3.05, 3.63) is 104 Å². The second-order valence-electron chi connectivity index (χ2n) is 11.2. The Labute approximate surface area is 266 Å². The lowest BCUT2D eigenvalue weighted by molar-refractivity contribution is -0.384. The SMILES string of the molecule is Cc1ccc([N+](=O)[O-])cc1N(CC(=O)N(Cc1cccc(Br)c1)[C@@H](Cc1ccccc1)C(=O)NC1CCCCC1)S(C)(=O)=O. The molecule has 10 nitrogen and oxygen atoms in total. The van der Waals surface area contributed by atoms with Crippen LogP contribution in [-0.4, -0.2) is 54.9 Å². The van der Waals surface area contributed by atoms with Crippen LogP contribution in [0.3, 0.4) is 0 Å². The molecule has 0 radical (unpaired) electrons. The van der Waals surface area contributed by atoms with Crippen LogP contribution in [0.25, 0.3) is 0 Å². The summed E-state index contributed by atoms with van der Waals surface area (Å²) in [4.78, 5) is 40.7. The van der Waals surface area contributed by atoms with Gasteiger partial charge < -0.3 is 10.2 Å². The Bertz CT molecular complexity index is 1600. The molecule has 0 spiro atoms. The smallest absolute Gasteiger partial charge is 0.271 e. The fourth-order valence-corrected chi connectivity index (χ4v) is 6.85. The van der Waals surface area contributed by atoms with Crippen LogP contribution in [0.15, 0.2) is 77.3 Å². The molecule has 0 unspecified atom stereocenters. The van der Waals surface area contributed by atoms with Crippen molar-refractivity contribution in [3.8, 4) is 0 Å². The molecular formula is C32H37BrN4O6S. The molecule has 3 aromatic carbocycles. The van der Waals surface area contributed by atoms with Crippen LogP contribution in [0, 0.1) is 17.0 Å². The predicted octanol–water partition coefficient (Wildman–Crippen LogP) is 5.52. The number of hydrogen-bond acceptors (Lipinski definition) is 6. The van der Waals surface area contributed by atoms with E-state index in [1.165, 1.54) is 17.0 Å². The lowest BCUT2D eigenvalue weighted by atomic mass is 9.94. The van der Waals surface area contributed by atoms with E-state index in [0.717, 1.165) is 64.3 Å². The Morgan fingerprint density at radius 3 is 2.32 bits per heavy atom. The quantitative estimate of drug-likeness (QED) is 0.198. The number of rotatable bonds is 12. The summed E-state index contributed by atoms with van der Waals surface area (Å²) in [6.07, 6.45) is 6.03. The van der Waals surface area contributed by atoms with Gasteiger partial charge in [0.15, 0.2) is 0 Å². The molecule has 1 aliphatic rings. The van der Waals surface area contributed by atoms with E-state index in [-0.39, 0.29) is 36.3 Å². The van der Waals surface area contributed by atoms with Gasteiger partial charge >= 0.3 is 0 Å². The number of carbonyl (C=O) groups excluding carboxylic acids is 2. The number of hydrogen-bond donors (Lipinski definition) is 1. The first-order chi connectivity index (χ1) is 20.9. The van der Waals surface area contributed by atoms with Crippen LogP contribution in [0.2, 0.25) is 0 Å². The van der Waals surface area contributed by atoms with Gasteiger partial charge in [0, 0.05) is 35.6 Å². The van der Waals surface area contributed by atoms with Crippen molar-refractivity contribution in [2.24, 2.45) is 0 Å². The maximum absolute atomic E-state index is 14.3. The monoisotopic (exact) mass is 684 g/mol. The van der Waals surface area contributed by atoms with Gasteiger partial charge in [-0.05, 0) is 48.6 Å². The summed E-state index contributed by atoms with van der Waals surface area (Å²) in [5, 5.41) is 14.7. The number of nitrogens with one attached hydrogen (secondary N) is 1. The molecule has 2 amide bonds. The molecule has 0 heterocycles. The number of non-ortho nitro benzene ring substituents is 1. The third-order valence-electron chi connectivity index (χ3n) is 7.82. The Hall–Kier alpha value is -3.77. The summed E-state index contributed by atoms with van der Waals surface area (Å²) in [5.41, 5.74) is 1.77. The Kier molecular flexibility index (Phi) is 11.1. The zero-order chi connectivity index (χ0) is 31.9. The number of nitrogens with zero attached hydrogens (tertiary/aromatic N) is 3. The van der Waals surface area contributed by atoms with Gasteiger partial charge in [0.25, 0.3) is 5.69 Å². The molecular weight excluding hydrogens is 648 g/mol. The molecule has 1 N–H and O–H groups in total. The summed E-state index contributed by atoms with van der Waals surface area (Å²) in [7, 11) is -4.06. The van der Waals surface area contributed by atoms with E-state index in [1.54, 1.807) is 6.92 Å². The number of amides is 2. The molecule has 1 atom stereocenters. The van der Waals surface area contributed by atoms with Crippen LogP contribution in [0.1, 0.15) is 48.8 Å². The second-order valence-corrected chi connectivity index (χ2v) is 14.0. The number of anilines is 1. The third-order valence-corrected chi connectivity index (χ3v) is 9.44. The summed E-state index contributed by atoms with van der Waals surface area (Å²) < 4.78 is 27.8. The highest BCUT2D eigenvalue weighted by molar-refractivity contribution is 9.10. The number of benzene rings is 3. The molecule has 0 aromatic heterocycles. The highest BCUT2D eigenvalue weighted by Crippen LogP contribution is 2.28. The van der Waals surface area contributed by atoms with E-state index in [9.17, 15) is 28.1 Å². The first-order valence-corrected chi connectivity index (χ1v) is 17.2. The lowest BCUT2D eigenvalue weighted by Crippen LogP contribution is -2.55. The van der Waals surface area contributed by atoms with Gasteiger partial charge in [-0.1, -0.05) is 83.7 Å². The maximum atomic E-state index is 14.3. The number of carbonyl (C=O) groups is 2. The van der Waals surface area contributed by atoms with Crippen LogP contribution in [0.4, 0.5) is 11.4 Å². The summed E-state index contributed by atoms with van der Waals surface area (Å²) in [6, 6.07) is 19.7. The maximum Gasteiger partial charge on any atom is 0.271 e. The normalized spacial score (nSPS) is 14.4. The van der Waals surface area contributed by atoms with Crippen LogP contribution < -0.4 is 9.62 Å². The number of nitro benzene ring substituents is 1. The first kappa shape index (κ1) is 33.1. The summed E-state index contributed by atoms with van der Waals surface area (Å²) >= 11 is 3.47. The number of aryl methyl sites for hydroxylation is 1. The van der Waals surface area contributed by atoms with Crippen molar-refractivity contribution in [1.29, 1.82) is 0 Å². The summed E-state index contributed by atoms with van der Waals surface area (Å²) in [6.45, 7) is 1.02. The standard InChI is InChI=1S/C32H37BrN4O6S/c1-23-16-17-28(37(40)41)20-29(23)36(44(2,42)43)22-31(38)35(21-25-12-9-13-26(33)18-25)30(19-24-10-5-3-6-11-24)32(39)34-27-14-7-4-8-15-27/h3,5-6,9-13,16-18,20,27,30H,4,7-8,14-15,19,21-22H2,1-2H3,(H,34,39)/t30-/m0/s1. The van der Waals surface area contributed by atoms with Gasteiger partial charge in [0.1, 0.15) is 12.6 Å². The van der Waals surface area contributed by atoms with Crippen molar-refractivity contribution in [2.45, 2.75) is 64.1 Å². The van der Waals surface area contributed by atoms with Crippen molar-refractivity contribution < 1.29 is 22.9 Å². The zero-order valence-corrected chi connectivity index (χ0v) is 27.2. The van der Waals surface area contributed by atoms with Gasteiger partial charge in [-0.25, -0.2) is 8.42 Å². The molecule has 0 aliphatic heterocycles. The topological polar surface area (TPSA) is 130 Å². The zero-order valence-electron chi connectivity index (χ0n) is 24.8. The second kappa shape index (κ2) is 14.8. The minimum Gasteiger partial charge on any atom is -0.352 e. The Balaban J connectivity index is 1.76. The van der Waals surface area contributed by atoms with E-state index in [2.05, 4.69) is 21.2 Å². The first-order valence-electron chi connectivity index (χ1n) is 14.5. The van der Waals surface area contributed by atoms with Crippen molar-refractivity contribution >= 4 is 49.1 Å². The lowest BCUT2D eigenvalue weighted by Gasteiger charge is -2.35. The van der Waals surface area contributed by atoms with Crippen LogP contribution in [0.5, 0.6) is 0 Å². The molecule has 1 aliphatic carbocycles. The largest absolute Gasteiger partial charge is 0.352 e. The van der Waals surface area contributed by atoms with Gasteiger partial charge in [-0.15, -0.1) is 0 Å². The molecule has 1 fully saturated rings. The minimum atomic E-state index is -4.06. The van der Waals surface area contributed by atoms with Gasteiger partial charge in [-0.3, -0.25) is 24.0 Å². The molecule has 44 heavy (non-hydrogen) atoms. The van der Waals surface area contributed by atoms with Crippen molar-refractivity contribution in [2.75, 3.05) is 17.1 Å². The summed E-state index contributed by atoms with van der Waals surface area (Å²) in [5.74, 6) is -0.914. The molecule has 234 valence electrons. The molecule has 12 heteroatoms. The predicted molar refractivity (Wildman–Crippen MR) is 174 cm³/mol. The minimum absolute atomic E-state index is 0.00243. The highest BCUT2D eigenvalue weighted by atomic mass is 79.9. The Morgan fingerprint density at radius 1 is 1.00 bits per heavy atom.